The molecule has 23 heavy (non-hydrogen) atoms. The number of fused-ring (bicyclic) bond motifs is 1. The van der Waals surface area contributed by atoms with Gasteiger partial charge in [0.15, 0.2) is 0 Å². The van der Waals surface area contributed by atoms with Gasteiger partial charge in [-0.2, -0.15) is 13.2 Å². The van der Waals surface area contributed by atoms with Crippen LogP contribution < -0.4 is 4.90 Å². The molecule has 0 N–H and O–H groups in total. The second kappa shape index (κ2) is 5.61. The zero-order valence-electron chi connectivity index (χ0n) is 12.4. The number of carbonyl (C=O) groups is 1. The van der Waals surface area contributed by atoms with Gasteiger partial charge in [-0.05, 0) is 42.3 Å². The number of carbonyl (C=O) groups excluding carboxylic acids is 1. The second-order valence-electron chi connectivity index (χ2n) is 5.24. The summed E-state index contributed by atoms with van der Waals surface area (Å²) in [4.78, 5) is 13.6. The molecule has 6 heteroatoms. The minimum Gasteiger partial charge on any atom is -0.465 e. The van der Waals surface area contributed by atoms with Gasteiger partial charge in [-0.3, -0.25) is 0 Å². The van der Waals surface area contributed by atoms with Gasteiger partial charge in [0.1, 0.15) is 0 Å². The molecular weight excluding hydrogens is 307 g/mol. The largest absolute Gasteiger partial charge is 0.465 e. The van der Waals surface area contributed by atoms with Crippen molar-refractivity contribution in [2.45, 2.75) is 12.6 Å². The van der Waals surface area contributed by atoms with E-state index in [9.17, 15) is 18.0 Å². The molecule has 0 aromatic heterocycles. The predicted molar refractivity (Wildman–Crippen MR) is 79.9 cm³/mol. The van der Waals surface area contributed by atoms with E-state index in [1.54, 1.807) is 29.2 Å². The van der Waals surface area contributed by atoms with E-state index in [4.69, 9.17) is 4.74 Å². The number of hydrogen-bond donors (Lipinski definition) is 0. The Morgan fingerprint density at radius 1 is 1.17 bits per heavy atom. The van der Waals surface area contributed by atoms with Gasteiger partial charge < -0.3 is 9.64 Å². The van der Waals surface area contributed by atoms with Crippen molar-refractivity contribution in [3.63, 3.8) is 0 Å². The first-order chi connectivity index (χ1) is 10.9. The highest BCUT2D eigenvalue weighted by molar-refractivity contribution is 5.94. The molecule has 0 radical (unpaired) electrons. The molecule has 3 rings (SSSR count). The Kier molecular flexibility index (Phi) is 3.75. The molecule has 0 saturated carbocycles. The Hall–Kier alpha value is -2.50. The number of rotatable bonds is 2. The zero-order valence-corrected chi connectivity index (χ0v) is 12.4. The van der Waals surface area contributed by atoms with Gasteiger partial charge in [-0.1, -0.05) is 12.1 Å². The number of hydrogen-bond acceptors (Lipinski definition) is 3. The van der Waals surface area contributed by atoms with Gasteiger partial charge >= 0.3 is 12.1 Å². The van der Waals surface area contributed by atoms with E-state index < -0.39 is 17.7 Å². The van der Waals surface area contributed by atoms with Gasteiger partial charge in [0, 0.05) is 17.9 Å². The molecule has 0 bridgehead atoms. The molecule has 1 aliphatic rings. The third-order valence-corrected chi connectivity index (χ3v) is 3.92. The Labute approximate surface area is 131 Å². The van der Waals surface area contributed by atoms with Gasteiger partial charge in [-0.25, -0.2) is 4.79 Å². The Bertz CT molecular complexity index is 756. The second-order valence-corrected chi connectivity index (χ2v) is 5.24. The van der Waals surface area contributed by atoms with E-state index in [1.165, 1.54) is 13.2 Å². The van der Waals surface area contributed by atoms with Crippen molar-refractivity contribution in [3.05, 3.63) is 59.2 Å². The molecule has 1 aliphatic heterocycles. The van der Waals surface area contributed by atoms with Gasteiger partial charge in [-0.15, -0.1) is 0 Å². The molecule has 0 amide bonds. The van der Waals surface area contributed by atoms with Crippen LogP contribution in [0.3, 0.4) is 0 Å². The van der Waals surface area contributed by atoms with Crippen LogP contribution in [0.25, 0.3) is 0 Å². The van der Waals surface area contributed by atoms with Crippen LogP contribution >= 0.6 is 0 Å². The number of ether oxygens (including phenoxy) is 1. The molecule has 0 saturated heterocycles. The lowest BCUT2D eigenvalue weighted by Crippen LogP contribution is -2.14. The van der Waals surface area contributed by atoms with E-state index >= 15 is 0 Å². The quantitative estimate of drug-likeness (QED) is 0.777. The highest BCUT2D eigenvalue weighted by atomic mass is 19.4. The van der Waals surface area contributed by atoms with Crippen molar-refractivity contribution in [3.8, 4) is 0 Å². The van der Waals surface area contributed by atoms with Gasteiger partial charge in [0.25, 0.3) is 0 Å². The van der Waals surface area contributed by atoms with Crippen LogP contribution in [0.1, 0.15) is 21.5 Å². The van der Waals surface area contributed by atoms with Crippen LogP contribution in [-0.4, -0.2) is 19.6 Å². The minimum absolute atomic E-state index is 0.437. The van der Waals surface area contributed by atoms with Gasteiger partial charge in [0.05, 0.1) is 18.2 Å². The van der Waals surface area contributed by atoms with E-state index in [2.05, 4.69) is 0 Å². The number of methoxy groups -OCH3 is 1. The summed E-state index contributed by atoms with van der Waals surface area (Å²) in [6.45, 7) is 0.519. The number of benzene rings is 2. The van der Waals surface area contributed by atoms with E-state index in [0.29, 0.717) is 24.2 Å². The molecule has 0 atom stereocenters. The van der Waals surface area contributed by atoms with E-state index in [0.717, 1.165) is 23.4 Å². The van der Waals surface area contributed by atoms with Crippen molar-refractivity contribution in [1.82, 2.24) is 0 Å². The molecule has 0 unspecified atom stereocenters. The molecule has 3 nitrogen and oxygen atoms in total. The average Bonchev–Trinajstić information content (AvgIpc) is 2.97. The van der Waals surface area contributed by atoms with Crippen molar-refractivity contribution in [1.29, 1.82) is 0 Å². The summed E-state index contributed by atoms with van der Waals surface area (Å²) < 4.78 is 43.4. The summed E-state index contributed by atoms with van der Waals surface area (Å²) in [7, 11) is 1.31. The van der Waals surface area contributed by atoms with E-state index in [1.807, 2.05) is 0 Å². The standard InChI is InChI=1S/C17H14F3NO2/c1-23-16(22)14-6-3-7-15-13(14)8-9-21(15)12-5-2-4-11(10-12)17(18,19)20/h2-7,10H,8-9H2,1H3. The summed E-state index contributed by atoms with van der Waals surface area (Å²) in [5, 5.41) is 0. The third-order valence-electron chi connectivity index (χ3n) is 3.92. The monoisotopic (exact) mass is 321 g/mol. The lowest BCUT2D eigenvalue weighted by molar-refractivity contribution is -0.137. The van der Waals surface area contributed by atoms with Crippen LogP contribution in [0, 0.1) is 0 Å². The molecule has 0 spiro atoms. The van der Waals surface area contributed by atoms with Crippen molar-refractivity contribution in [2.24, 2.45) is 0 Å². The summed E-state index contributed by atoms with van der Waals surface area (Å²) in [6.07, 6.45) is -3.80. The maximum atomic E-state index is 12.9. The van der Waals surface area contributed by atoms with Gasteiger partial charge in [0.2, 0.25) is 0 Å². The number of halogens is 3. The fourth-order valence-corrected chi connectivity index (χ4v) is 2.85. The lowest BCUT2D eigenvalue weighted by atomic mass is 10.1. The summed E-state index contributed by atoms with van der Waals surface area (Å²) in [5.41, 5.74) is 1.77. The summed E-state index contributed by atoms with van der Waals surface area (Å²) in [6, 6.07) is 10.4. The fourth-order valence-electron chi connectivity index (χ4n) is 2.85. The minimum atomic E-state index is -4.38. The lowest BCUT2D eigenvalue weighted by Gasteiger charge is -2.21. The SMILES string of the molecule is COC(=O)c1cccc2c1CCN2c1cccc(C(F)(F)F)c1. The highest BCUT2D eigenvalue weighted by Crippen LogP contribution is 2.38. The molecule has 1 heterocycles. The smallest absolute Gasteiger partial charge is 0.416 e. The van der Waals surface area contributed by atoms with E-state index in [-0.39, 0.29) is 0 Å². The number of esters is 1. The molecule has 0 fully saturated rings. The molecule has 2 aromatic carbocycles. The van der Waals surface area contributed by atoms with Crippen LogP contribution in [0.2, 0.25) is 0 Å². The highest BCUT2D eigenvalue weighted by Gasteiger charge is 2.32. The molecule has 0 aliphatic carbocycles. The normalized spacial score (nSPS) is 13.8. The summed E-state index contributed by atoms with van der Waals surface area (Å²) >= 11 is 0. The Morgan fingerprint density at radius 2 is 1.91 bits per heavy atom. The van der Waals surface area contributed by atoms with Crippen LogP contribution in [-0.2, 0) is 17.3 Å². The Balaban J connectivity index is 2.02. The van der Waals surface area contributed by atoms with Crippen LogP contribution in [0.5, 0.6) is 0 Å². The zero-order chi connectivity index (χ0) is 16.6. The van der Waals surface area contributed by atoms with Crippen LogP contribution in [0.4, 0.5) is 24.5 Å². The number of anilines is 2. The van der Waals surface area contributed by atoms with Crippen molar-refractivity contribution >= 4 is 17.3 Å². The average molecular weight is 321 g/mol. The first kappa shape index (κ1) is 15.4. The molecule has 2 aromatic rings. The van der Waals surface area contributed by atoms with Crippen molar-refractivity contribution < 1.29 is 22.7 Å². The summed E-state index contributed by atoms with van der Waals surface area (Å²) in [5.74, 6) is -0.437. The van der Waals surface area contributed by atoms with Crippen molar-refractivity contribution in [2.75, 3.05) is 18.6 Å². The first-order valence-corrected chi connectivity index (χ1v) is 7.07. The number of alkyl halides is 3. The molecule has 120 valence electrons. The predicted octanol–water partition coefficient (Wildman–Crippen LogP) is 4.19. The topological polar surface area (TPSA) is 29.5 Å². The maximum absolute atomic E-state index is 12.9. The number of nitrogens with zero attached hydrogens (tertiary/aromatic N) is 1. The molecular formula is C17H14F3NO2. The van der Waals surface area contributed by atoms with Crippen LogP contribution in [0.15, 0.2) is 42.5 Å². The Morgan fingerprint density at radius 3 is 2.61 bits per heavy atom. The fraction of sp³-hybridized carbons (Fsp3) is 0.235. The third kappa shape index (κ3) is 2.76. The first-order valence-electron chi connectivity index (χ1n) is 7.07. The maximum Gasteiger partial charge on any atom is 0.416 e.